The van der Waals surface area contributed by atoms with Gasteiger partial charge in [-0.15, -0.1) is 0 Å². The highest BCUT2D eigenvalue weighted by atomic mass is 15.2. The van der Waals surface area contributed by atoms with Gasteiger partial charge in [0.05, 0.1) is 0 Å². The van der Waals surface area contributed by atoms with Gasteiger partial charge >= 0.3 is 0 Å². The van der Waals surface area contributed by atoms with Crippen molar-refractivity contribution < 1.29 is 0 Å². The molecule has 0 unspecified atom stereocenters. The molecule has 0 aromatic rings. The lowest BCUT2D eigenvalue weighted by Crippen LogP contribution is -2.30. The second-order valence-electron chi connectivity index (χ2n) is 4.60. The molecule has 2 aliphatic rings. The zero-order valence-electron chi connectivity index (χ0n) is 8.60. The summed E-state index contributed by atoms with van der Waals surface area (Å²) in [7, 11) is 0. The molecule has 0 aromatic carbocycles. The summed E-state index contributed by atoms with van der Waals surface area (Å²) >= 11 is 0. The molecule has 0 bridgehead atoms. The van der Waals surface area contributed by atoms with Crippen LogP contribution in [0.2, 0.25) is 0 Å². The van der Waals surface area contributed by atoms with Gasteiger partial charge in [-0.25, -0.2) is 0 Å². The Kier molecular flexibility index (Phi) is 3.27. The summed E-state index contributed by atoms with van der Waals surface area (Å²) < 4.78 is 0. The van der Waals surface area contributed by atoms with Crippen LogP contribution in [0.5, 0.6) is 0 Å². The minimum Gasteiger partial charge on any atom is -0.303 e. The molecule has 14 heavy (non-hydrogen) atoms. The van der Waals surface area contributed by atoms with Gasteiger partial charge in [-0.2, -0.15) is 0 Å². The van der Waals surface area contributed by atoms with Crippen LogP contribution in [0.4, 0.5) is 0 Å². The topological polar surface area (TPSA) is 52.0 Å². The van der Waals surface area contributed by atoms with Crippen molar-refractivity contribution in [2.75, 3.05) is 26.2 Å². The number of hydrogen-bond acceptors (Lipinski definition) is 2. The van der Waals surface area contributed by atoms with E-state index in [-0.39, 0.29) is 0 Å². The Balaban J connectivity index is 1.68. The summed E-state index contributed by atoms with van der Waals surface area (Å²) in [4.78, 5) is 5.29. The molecule has 2 saturated carbocycles. The van der Waals surface area contributed by atoms with Crippen molar-refractivity contribution in [3.8, 4) is 0 Å². The zero-order chi connectivity index (χ0) is 9.80. The second kappa shape index (κ2) is 4.67. The average molecular weight is 194 g/mol. The highest BCUT2D eigenvalue weighted by Gasteiger charge is 2.28. The maximum absolute atomic E-state index is 8.21. The van der Waals surface area contributed by atoms with E-state index in [1.54, 1.807) is 0 Å². The number of azide groups is 1. The monoisotopic (exact) mass is 194 g/mol. The molecule has 2 aliphatic carbocycles. The van der Waals surface area contributed by atoms with Gasteiger partial charge in [-0.1, -0.05) is 5.11 Å². The van der Waals surface area contributed by atoms with E-state index in [0.717, 1.165) is 18.4 Å². The van der Waals surface area contributed by atoms with Crippen LogP contribution in [0.1, 0.15) is 25.7 Å². The van der Waals surface area contributed by atoms with Crippen LogP contribution in [0.15, 0.2) is 5.11 Å². The van der Waals surface area contributed by atoms with E-state index in [1.165, 1.54) is 38.8 Å². The largest absolute Gasteiger partial charge is 0.303 e. The van der Waals surface area contributed by atoms with Crippen molar-refractivity contribution in [2.45, 2.75) is 25.7 Å². The molecular weight excluding hydrogens is 176 g/mol. The normalized spacial score (nSPS) is 20.9. The first kappa shape index (κ1) is 9.81. The first-order valence-electron chi connectivity index (χ1n) is 5.61. The summed E-state index contributed by atoms with van der Waals surface area (Å²) in [5, 5.41) is 3.61. The van der Waals surface area contributed by atoms with Crippen LogP contribution in [0.25, 0.3) is 10.4 Å². The summed E-state index contributed by atoms with van der Waals surface area (Å²) in [6, 6.07) is 0. The molecule has 0 saturated heterocycles. The highest BCUT2D eigenvalue weighted by molar-refractivity contribution is 4.82. The third-order valence-corrected chi connectivity index (χ3v) is 3.01. The summed E-state index contributed by atoms with van der Waals surface area (Å²) in [6.07, 6.45) is 5.62. The summed E-state index contributed by atoms with van der Waals surface area (Å²) in [5.74, 6) is 1.89. The van der Waals surface area contributed by atoms with Gasteiger partial charge in [-0.05, 0) is 43.1 Å². The van der Waals surface area contributed by atoms with Gasteiger partial charge in [0, 0.05) is 31.1 Å². The molecule has 0 aliphatic heterocycles. The Morgan fingerprint density at radius 3 is 2.14 bits per heavy atom. The lowest BCUT2D eigenvalue weighted by atomic mass is 10.3. The Morgan fingerprint density at radius 1 is 1.14 bits per heavy atom. The molecule has 2 fully saturated rings. The first-order chi connectivity index (χ1) is 6.88. The minimum atomic E-state index is 0.635. The van der Waals surface area contributed by atoms with E-state index in [0.29, 0.717) is 6.54 Å². The van der Waals surface area contributed by atoms with E-state index in [4.69, 9.17) is 5.53 Å². The van der Waals surface area contributed by atoms with Crippen LogP contribution >= 0.6 is 0 Å². The minimum absolute atomic E-state index is 0.635. The third-order valence-electron chi connectivity index (χ3n) is 3.01. The van der Waals surface area contributed by atoms with Gasteiger partial charge in [0.15, 0.2) is 0 Å². The van der Waals surface area contributed by atoms with Crippen molar-refractivity contribution >= 4 is 0 Å². The summed E-state index contributed by atoms with van der Waals surface area (Å²) in [6.45, 7) is 4.06. The average Bonchev–Trinajstić information content (AvgIpc) is 2.99. The molecule has 2 rings (SSSR count). The van der Waals surface area contributed by atoms with Crippen molar-refractivity contribution in [1.82, 2.24) is 4.90 Å². The Morgan fingerprint density at radius 2 is 1.71 bits per heavy atom. The van der Waals surface area contributed by atoms with Gasteiger partial charge in [-0.3, -0.25) is 0 Å². The Bertz CT molecular complexity index is 212. The van der Waals surface area contributed by atoms with E-state index < -0.39 is 0 Å². The number of hydrogen-bond donors (Lipinski definition) is 0. The van der Waals surface area contributed by atoms with Crippen molar-refractivity contribution in [2.24, 2.45) is 17.0 Å². The molecule has 4 nitrogen and oxygen atoms in total. The van der Waals surface area contributed by atoms with Crippen LogP contribution in [0, 0.1) is 11.8 Å². The van der Waals surface area contributed by atoms with E-state index in [1.807, 2.05) is 0 Å². The molecule has 0 aromatic heterocycles. The molecule has 0 N–H and O–H groups in total. The third kappa shape index (κ3) is 3.56. The van der Waals surface area contributed by atoms with E-state index in [2.05, 4.69) is 14.9 Å². The van der Waals surface area contributed by atoms with Crippen molar-refractivity contribution in [3.63, 3.8) is 0 Å². The standard InChI is InChI=1S/C10H18N4/c11-13-12-5-6-14(7-9-1-2-9)8-10-3-4-10/h9-10H,1-8H2. The molecule has 0 atom stereocenters. The van der Waals surface area contributed by atoms with Crippen molar-refractivity contribution in [1.29, 1.82) is 0 Å². The lowest BCUT2D eigenvalue weighted by molar-refractivity contribution is 0.259. The van der Waals surface area contributed by atoms with Crippen LogP contribution in [-0.2, 0) is 0 Å². The molecule has 4 heteroatoms. The quantitative estimate of drug-likeness (QED) is 0.349. The zero-order valence-corrected chi connectivity index (χ0v) is 8.60. The fraction of sp³-hybridized carbons (Fsp3) is 1.00. The van der Waals surface area contributed by atoms with Gasteiger partial charge in [0.1, 0.15) is 0 Å². The predicted molar refractivity (Wildman–Crippen MR) is 55.9 cm³/mol. The molecule has 0 amide bonds. The van der Waals surface area contributed by atoms with E-state index >= 15 is 0 Å². The van der Waals surface area contributed by atoms with E-state index in [9.17, 15) is 0 Å². The van der Waals surface area contributed by atoms with Crippen LogP contribution in [0.3, 0.4) is 0 Å². The Labute approximate surface area is 84.9 Å². The fourth-order valence-corrected chi connectivity index (χ4v) is 1.82. The molecule has 78 valence electrons. The molecular formula is C10H18N4. The predicted octanol–water partition coefficient (Wildman–Crippen LogP) is 2.42. The number of nitrogens with zero attached hydrogens (tertiary/aromatic N) is 4. The molecule has 0 radical (unpaired) electrons. The van der Waals surface area contributed by atoms with Gasteiger partial charge < -0.3 is 4.90 Å². The van der Waals surface area contributed by atoms with Gasteiger partial charge in [0.2, 0.25) is 0 Å². The maximum Gasteiger partial charge on any atom is 0.0385 e. The molecule has 0 spiro atoms. The SMILES string of the molecule is [N-]=[N+]=NCCN(CC1CC1)CC1CC1. The first-order valence-corrected chi connectivity index (χ1v) is 5.61. The van der Waals surface area contributed by atoms with Crippen LogP contribution in [-0.4, -0.2) is 31.1 Å². The Hall–Kier alpha value is -0.730. The lowest BCUT2D eigenvalue weighted by Gasteiger charge is -2.20. The smallest absolute Gasteiger partial charge is 0.0385 e. The maximum atomic E-state index is 8.21. The fourth-order valence-electron chi connectivity index (χ4n) is 1.82. The summed E-state index contributed by atoms with van der Waals surface area (Å²) in [5.41, 5.74) is 8.21. The van der Waals surface area contributed by atoms with Crippen molar-refractivity contribution in [3.05, 3.63) is 10.4 Å². The molecule has 0 heterocycles. The second-order valence-corrected chi connectivity index (χ2v) is 4.60. The van der Waals surface area contributed by atoms with Gasteiger partial charge in [0.25, 0.3) is 0 Å². The highest BCUT2D eigenvalue weighted by Crippen LogP contribution is 2.33. The van der Waals surface area contributed by atoms with Crippen LogP contribution < -0.4 is 0 Å². The number of rotatable bonds is 7.